The molecule has 0 atom stereocenters. The highest BCUT2D eigenvalue weighted by Crippen LogP contribution is 2.24. The maximum atomic E-state index is 13.8. The second kappa shape index (κ2) is 11.4. The molecule has 2 amide bonds. The maximum Gasteiger partial charge on any atom is 0.339 e. The van der Waals surface area contributed by atoms with Gasteiger partial charge in [-0.25, -0.2) is 24.3 Å². The summed E-state index contributed by atoms with van der Waals surface area (Å²) in [6, 6.07) is 13.2. The smallest absolute Gasteiger partial charge is 0.339 e. The number of hydrogen-bond acceptors (Lipinski definition) is 9. The Balaban J connectivity index is 1.50. The highest BCUT2D eigenvalue weighted by molar-refractivity contribution is 7.15. The van der Waals surface area contributed by atoms with Crippen LogP contribution >= 0.6 is 11.3 Å². The zero-order chi connectivity index (χ0) is 29.1. The van der Waals surface area contributed by atoms with E-state index in [1.165, 1.54) is 26.8 Å². The lowest BCUT2D eigenvalue weighted by Crippen LogP contribution is -2.22. The number of nitrogens with zero attached hydrogens (tertiary/aromatic N) is 6. The monoisotopic (exact) mass is 567 g/mol. The molecule has 3 aromatic heterocycles. The first kappa shape index (κ1) is 27.3. The van der Waals surface area contributed by atoms with Crippen LogP contribution in [0.15, 0.2) is 65.8 Å². The second-order valence-corrected chi connectivity index (χ2v) is 10.4. The van der Waals surface area contributed by atoms with Gasteiger partial charge in [-0.05, 0) is 69.4 Å². The summed E-state index contributed by atoms with van der Waals surface area (Å²) in [5, 5.41) is 5.99. The molecule has 0 aliphatic carbocycles. The van der Waals surface area contributed by atoms with Crippen LogP contribution in [0.2, 0.25) is 0 Å². The van der Waals surface area contributed by atoms with Crippen LogP contribution in [-0.4, -0.2) is 61.4 Å². The summed E-state index contributed by atoms with van der Waals surface area (Å²) < 4.78 is 2.76. The third kappa shape index (κ3) is 5.83. The average Bonchev–Trinajstić information content (AvgIpc) is 3.48. The maximum absolute atomic E-state index is 13.8. The van der Waals surface area contributed by atoms with Crippen molar-refractivity contribution in [3.8, 4) is 23.2 Å². The number of aryl methyl sites for hydroxylation is 1. The van der Waals surface area contributed by atoms with E-state index in [4.69, 9.17) is 5.73 Å². The molecule has 0 unspecified atom stereocenters. The Morgan fingerprint density at radius 1 is 1.02 bits per heavy atom. The number of nitrogens with two attached hydrogens (primary N) is 1. The molecule has 2 aromatic carbocycles. The molecule has 13 heteroatoms. The van der Waals surface area contributed by atoms with Gasteiger partial charge in [0.1, 0.15) is 11.8 Å². The molecule has 0 fully saturated rings. The van der Waals surface area contributed by atoms with E-state index < -0.39 is 11.6 Å². The Hall–Kier alpha value is -5.32. The van der Waals surface area contributed by atoms with Crippen molar-refractivity contribution in [3.05, 3.63) is 82.0 Å². The number of amides is 2. The van der Waals surface area contributed by atoms with Crippen molar-refractivity contribution >= 4 is 51.0 Å². The molecular formula is C28H25N9O3S. The summed E-state index contributed by atoms with van der Waals surface area (Å²) in [4.78, 5) is 54.2. The molecule has 5 aromatic rings. The number of nitrogen functional groups attached to an aromatic ring is 1. The van der Waals surface area contributed by atoms with Crippen molar-refractivity contribution in [3.63, 3.8) is 0 Å². The van der Waals surface area contributed by atoms with Gasteiger partial charge in [0.05, 0.1) is 17.9 Å². The average molecular weight is 568 g/mol. The van der Waals surface area contributed by atoms with Gasteiger partial charge in [-0.1, -0.05) is 12.0 Å². The molecule has 4 N–H and O–H groups in total. The van der Waals surface area contributed by atoms with Crippen LogP contribution < -0.4 is 22.1 Å². The first-order valence-electron chi connectivity index (χ1n) is 12.3. The Labute approximate surface area is 238 Å². The molecule has 0 aliphatic rings. The van der Waals surface area contributed by atoms with Gasteiger partial charge in [0.2, 0.25) is 0 Å². The topological polar surface area (TPSA) is 153 Å². The van der Waals surface area contributed by atoms with E-state index in [0.717, 1.165) is 4.88 Å². The fourth-order valence-corrected chi connectivity index (χ4v) is 4.69. The number of carbonyl (C=O) groups is 2. The molecule has 206 valence electrons. The van der Waals surface area contributed by atoms with Gasteiger partial charge in [-0.15, -0.1) is 11.3 Å². The van der Waals surface area contributed by atoms with Crippen molar-refractivity contribution < 1.29 is 9.59 Å². The number of fused-ring (bicyclic) bond motifs is 1. The summed E-state index contributed by atoms with van der Waals surface area (Å²) in [7, 11) is 3.72. The number of nitrogens with one attached hydrogen (secondary N) is 2. The van der Waals surface area contributed by atoms with Crippen LogP contribution in [-0.2, 0) is 4.79 Å². The summed E-state index contributed by atoms with van der Waals surface area (Å²) in [6.07, 6.45) is 2.96. The van der Waals surface area contributed by atoms with E-state index in [0.29, 0.717) is 39.8 Å². The summed E-state index contributed by atoms with van der Waals surface area (Å²) >= 11 is 1.37. The predicted molar refractivity (Wildman–Crippen MR) is 159 cm³/mol. The van der Waals surface area contributed by atoms with Crippen LogP contribution in [0.25, 0.3) is 22.5 Å². The molecule has 0 saturated carbocycles. The zero-order valence-corrected chi connectivity index (χ0v) is 23.2. The normalized spacial score (nSPS) is 10.8. The van der Waals surface area contributed by atoms with Gasteiger partial charge in [0.25, 0.3) is 11.8 Å². The SMILES string of the molecule is Cc1cnc(NC(=O)c2ccc(-n3c(=O)n(-c4cccc(NC(=O)C#CCN(C)C)c4)c4ncnc(N)c43)cc2)s1. The Bertz CT molecular complexity index is 1890. The molecular weight excluding hydrogens is 542 g/mol. The van der Waals surface area contributed by atoms with Gasteiger partial charge in [0, 0.05) is 22.3 Å². The van der Waals surface area contributed by atoms with Crippen molar-refractivity contribution in [1.82, 2.24) is 29.0 Å². The van der Waals surface area contributed by atoms with Gasteiger partial charge in [0.15, 0.2) is 16.6 Å². The van der Waals surface area contributed by atoms with Crippen molar-refractivity contribution in [1.29, 1.82) is 0 Å². The molecule has 5 rings (SSSR count). The first-order valence-corrected chi connectivity index (χ1v) is 13.2. The number of thiazole rings is 1. The Morgan fingerprint density at radius 3 is 2.51 bits per heavy atom. The molecule has 0 saturated heterocycles. The van der Waals surface area contributed by atoms with Crippen LogP contribution in [0.3, 0.4) is 0 Å². The lowest BCUT2D eigenvalue weighted by Gasteiger charge is -2.07. The standard InChI is InChI=1S/C28H25N9O3S/c1-17-15-30-27(41-17)34-26(39)18-9-11-20(12-10-18)36-23-24(29)31-16-32-25(23)37(28(36)40)21-7-4-6-19(14-21)33-22(38)8-5-13-35(2)3/h4,6-7,9-12,14-16H,13H2,1-3H3,(H,33,38)(H2,29,31,32)(H,30,34,39). The fraction of sp³-hybridized carbons (Fsp3) is 0.143. The number of imidazole rings is 1. The number of benzene rings is 2. The highest BCUT2D eigenvalue weighted by Gasteiger charge is 2.21. The van der Waals surface area contributed by atoms with Crippen LogP contribution in [0.5, 0.6) is 0 Å². The Kier molecular flexibility index (Phi) is 7.59. The minimum absolute atomic E-state index is 0.104. The summed E-state index contributed by atoms with van der Waals surface area (Å²) in [5.74, 6) is 4.63. The molecule has 0 aliphatic heterocycles. The predicted octanol–water partition coefficient (Wildman–Crippen LogP) is 2.67. The van der Waals surface area contributed by atoms with Gasteiger partial charge < -0.3 is 11.1 Å². The molecule has 0 spiro atoms. The summed E-state index contributed by atoms with van der Waals surface area (Å²) in [6.45, 7) is 2.35. The van der Waals surface area contributed by atoms with Crippen LogP contribution in [0.1, 0.15) is 15.2 Å². The van der Waals surface area contributed by atoms with Crippen LogP contribution in [0, 0.1) is 18.8 Å². The van der Waals surface area contributed by atoms with E-state index >= 15 is 0 Å². The number of anilines is 3. The zero-order valence-electron chi connectivity index (χ0n) is 22.4. The van der Waals surface area contributed by atoms with E-state index in [9.17, 15) is 14.4 Å². The minimum atomic E-state index is -0.473. The van der Waals surface area contributed by atoms with E-state index in [-0.39, 0.29) is 17.4 Å². The molecule has 41 heavy (non-hydrogen) atoms. The van der Waals surface area contributed by atoms with Crippen molar-refractivity contribution in [2.45, 2.75) is 6.92 Å². The van der Waals surface area contributed by atoms with E-state index in [1.807, 2.05) is 25.9 Å². The summed E-state index contributed by atoms with van der Waals surface area (Å²) in [5.41, 5.74) is 8.08. The number of carbonyl (C=O) groups excluding carboxylic acids is 2. The Morgan fingerprint density at radius 2 is 1.80 bits per heavy atom. The second-order valence-electron chi connectivity index (χ2n) is 9.21. The number of hydrogen-bond donors (Lipinski definition) is 3. The van der Waals surface area contributed by atoms with Gasteiger partial charge >= 0.3 is 5.69 Å². The minimum Gasteiger partial charge on any atom is -0.382 e. The molecule has 0 bridgehead atoms. The fourth-order valence-electron chi connectivity index (χ4n) is 4.03. The first-order chi connectivity index (χ1) is 19.7. The third-order valence-corrected chi connectivity index (χ3v) is 6.67. The van der Waals surface area contributed by atoms with E-state index in [2.05, 4.69) is 37.4 Å². The van der Waals surface area contributed by atoms with E-state index in [1.54, 1.807) is 54.7 Å². The number of rotatable bonds is 6. The molecule has 12 nitrogen and oxygen atoms in total. The molecule has 0 radical (unpaired) electrons. The lowest BCUT2D eigenvalue weighted by atomic mass is 10.2. The van der Waals surface area contributed by atoms with Crippen molar-refractivity contribution in [2.24, 2.45) is 0 Å². The third-order valence-electron chi connectivity index (χ3n) is 5.84. The van der Waals surface area contributed by atoms with Gasteiger partial charge in [-0.2, -0.15) is 0 Å². The molecule has 3 heterocycles. The number of aromatic nitrogens is 5. The largest absolute Gasteiger partial charge is 0.382 e. The van der Waals surface area contributed by atoms with Crippen LogP contribution in [0.4, 0.5) is 16.6 Å². The van der Waals surface area contributed by atoms with Gasteiger partial charge in [-0.3, -0.25) is 24.4 Å². The van der Waals surface area contributed by atoms with Crippen molar-refractivity contribution in [2.75, 3.05) is 37.0 Å². The lowest BCUT2D eigenvalue weighted by molar-refractivity contribution is -0.111. The quantitative estimate of drug-likeness (QED) is 0.265. The highest BCUT2D eigenvalue weighted by atomic mass is 32.1.